The Kier molecular flexibility index (Phi) is 5.11. The van der Waals surface area contributed by atoms with E-state index in [1.807, 2.05) is 24.3 Å². The average Bonchev–Trinajstić information content (AvgIpc) is 3.19. The predicted molar refractivity (Wildman–Crippen MR) is 109 cm³/mol. The fraction of sp³-hybridized carbons (Fsp3) is 0.300. The van der Waals surface area contributed by atoms with Crippen LogP contribution in [-0.4, -0.2) is 16.0 Å². The standard InChI is InChI=1S/C20H23N5S/c21-18(19-24-17(13-26-19)14-7-3-1-4-8-14)16-11-12-22-20(25-16)23-15-9-5-2-6-10-15/h1,3-4,7-8,11-13,15,24H,2,5-6,9-10,21H2,(H,22,23,25)/b19-18+. The van der Waals surface area contributed by atoms with Crippen molar-refractivity contribution in [3.63, 3.8) is 0 Å². The molecule has 2 aromatic rings. The molecule has 134 valence electrons. The summed E-state index contributed by atoms with van der Waals surface area (Å²) < 4.78 is 0. The van der Waals surface area contributed by atoms with E-state index in [2.05, 4.69) is 38.1 Å². The summed E-state index contributed by atoms with van der Waals surface area (Å²) in [4.78, 5) is 8.99. The highest BCUT2D eigenvalue weighted by atomic mass is 32.2. The van der Waals surface area contributed by atoms with E-state index in [9.17, 15) is 0 Å². The fourth-order valence-electron chi connectivity index (χ4n) is 3.31. The van der Waals surface area contributed by atoms with Crippen LogP contribution in [0.3, 0.4) is 0 Å². The smallest absolute Gasteiger partial charge is 0.223 e. The van der Waals surface area contributed by atoms with E-state index in [1.54, 1.807) is 18.0 Å². The molecule has 0 saturated heterocycles. The van der Waals surface area contributed by atoms with Crippen LogP contribution in [-0.2, 0) is 0 Å². The molecule has 0 atom stereocenters. The van der Waals surface area contributed by atoms with Gasteiger partial charge in [-0.05, 0) is 24.5 Å². The van der Waals surface area contributed by atoms with Crippen LogP contribution in [0.25, 0.3) is 11.4 Å². The zero-order valence-electron chi connectivity index (χ0n) is 14.6. The Hall–Kier alpha value is -2.47. The summed E-state index contributed by atoms with van der Waals surface area (Å²) in [7, 11) is 0. The van der Waals surface area contributed by atoms with Crippen molar-refractivity contribution in [2.75, 3.05) is 5.32 Å². The molecular weight excluding hydrogens is 342 g/mol. The highest BCUT2D eigenvalue weighted by Gasteiger charge is 2.18. The summed E-state index contributed by atoms with van der Waals surface area (Å²) >= 11 is 1.59. The number of benzene rings is 1. The van der Waals surface area contributed by atoms with Gasteiger partial charge in [0.25, 0.3) is 0 Å². The lowest BCUT2D eigenvalue weighted by atomic mass is 9.96. The molecule has 26 heavy (non-hydrogen) atoms. The summed E-state index contributed by atoms with van der Waals surface area (Å²) in [5.41, 5.74) is 9.98. The van der Waals surface area contributed by atoms with Gasteiger partial charge in [-0.1, -0.05) is 61.4 Å². The maximum Gasteiger partial charge on any atom is 0.223 e. The first kappa shape index (κ1) is 17.0. The van der Waals surface area contributed by atoms with E-state index in [0.29, 0.717) is 17.7 Å². The molecule has 4 N–H and O–H groups in total. The largest absolute Gasteiger partial charge is 0.395 e. The molecule has 5 nitrogen and oxygen atoms in total. The first-order chi connectivity index (χ1) is 12.8. The third kappa shape index (κ3) is 3.85. The van der Waals surface area contributed by atoms with E-state index in [0.717, 1.165) is 22.0 Å². The maximum atomic E-state index is 6.39. The Morgan fingerprint density at radius 1 is 1.12 bits per heavy atom. The second-order valence-electron chi connectivity index (χ2n) is 6.63. The Bertz CT molecular complexity index is 825. The van der Waals surface area contributed by atoms with Gasteiger partial charge in [-0.3, -0.25) is 0 Å². The molecule has 2 aliphatic rings. The zero-order valence-corrected chi connectivity index (χ0v) is 15.4. The van der Waals surface area contributed by atoms with Gasteiger partial charge in [0.15, 0.2) is 0 Å². The SMILES string of the molecule is N/C(=C1\NC(c2ccccc2)=CS1)c1ccnc(NC2CCCCC2)n1. The molecule has 0 radical (unpaired) electrons. The first-order valence-corrected chi connectivity index (χ1v) is 9.96. The van der Waals surface area contributed by atoms with Crippen LogP contribution in [0.2, 0.25) is 0 Å². The van der Waals surface area contributed by atoms with Gasteiger partial charge < -0.3 is 16.4 Å². The van der Waals surface area contributed by atoms with Gasteiger partial charge >= 0.3 is 0 Å². The number of rotatable bonds is 4. The maximum absolute atomic E-state index is 6.39. The number of hydrogen-bond acceptors (Lipinski definition) is 6. The topological polar surface area (TPSA) is 75.9 Å². The Balaban J connectivity index is 1.49. The lowest BCUT2D eigenvalue weighted by Crippen LogP contribution is -2.23. The van der Waals surface area contributed by atoms with E-state index in [-0.39, 0.29) is 0 Å². The number of nitrogens with one attached hydrogen (secondary N) is 2. The van der Waals surface area contributed by atoms with Crippen molar-refractivity contribution in [3.8, 4) is 0 Å². The number of nitrogens with zero attached hydrogens (tertiary/aromatic N) is 2. The number of hydrogen-bond donors (Lipinski definition) is 3. The van der Waals surface area contributed by atoms with Gasteiger partial charge in [-0.2, -0.15) is 0 Å². The number of thioether (sulfide) groups is 1. The Morgan fingerprint density at radius 3 is 2.73 bits per heavy atom. The molecule has 1 fully saturated rings. The third-order valence-corrected chi connectivity index (χ3v) is 5.65. The van der Waals surface area contributed by atoms with Crippen LogP contribution < -0.4 is 16.4 Å². The Labute approximate surface area is 158 Å². The lowest BCUT2D eigenvalue weighted by molar-refractivity contribution is 0.461. The van der Waals surface area contributed by atoms with Crippen molar-refractivity contribution < 1.29 is 0 Å². The summed E-state index contributed by atoms with van der Waals surface area (Å²) in [6.45, 7) is 0. The molecule has 2 heterocycles. The van der Waals surface area contributed by atoms with Crippen molar-refractivity contribution in [3.05, 3.63) is 64.3 Å². The average molecular weight is 366 g/mol. The molecule has 1 aliphatic heterocycles. The van der Waals surface area contributed by atoms with Crippen molar-refractivity contribution in [2.45, 2.75) is 38.1 Å². The van der Waals surface area contributed by atoms with Crippen LogP contribution in [0.15, 0.2) is 53.0 Å². The van der Waals surface area contributed by atoms with E-state index >= 15 is 0 Å². The van der Waals surface area contributed by atoms with Crippen molar-refractivity contribution in [2.24, 2.45) is 5.73 Å². The monoisotopic (exact) mass is 365 g/mol. The van der Waals surface area contributed by atoms with Crippen LogP contribution in [0.5, 0.6) is 0 Å². The van der Waals surface area contributed by atoms with E-state index in [1.165, 1.54) is 32.1 Å². The summed E-state index contributed by atoms with van der Waals surface area (Å²) in [6, 6.07) is 12.6. The number of aromatic nitrogens is 2. The molecule has 1 aromatic carbocycles. The first-order valence-electron chi connectivity index (χ1n) is 9.08. The zero-order chi connectivity index (χ0) is 17.8. The van der Waals surface area contributed by atoms with Crippen molar-refractivity contribution in [1.29, 1.82) is 0 Å². The van der Waals surface area contributed by atoms with E-state index in [4.69, 9.17) is 5.73 Å². The predicted octanol–water partition coefficient (Wildman–Crippen LogP) is 4.14. The van der Waals surface area contributed by atoms with Gasteiger partial charge in [0, 0.05) is 17.6 Å². The second kappa shape index (κ2) is 7.83. The minimum absolute atomic E-state index is 0.471. The highest BCUT2D eigenvalue weighted by Crippen LogP contribution is 2.33. The molecular formula is C20H23N5S. The van der Waals surface area contributed by atoms with Crippen LogP contribution in [0.1, 0.15) is 43.4 Å². The lowest BCUT2D eigenvalue weighted by Gasteiger charge is -2.22. The van der Waals surface area contributed by atoms with Gasteiger partial charge in [-0.25, -0.2) is 9.97 Å². The normalized spacial score (nSPS) is 19.6. The molecule has 0 bridgehead atoms. The molecule has 0 spiro atoms. The van der Waals surface area contributed by atoms with E-state index < -0.39 is 0 Å². The fourth-order valence-corrected chi connectivity index (χ4v) is 4.14. The molecule has 6 heteroatoms. The van der Waals surface area contributed by atoms with Gasteiger partial charge in [0.1, 0.15) is 5.03 Å². The molecule has 4 rings (SSSR count). The van der Waals surface area contributed by atoms with Crippen LogP contribution in [0.4, 0.5) is 5.95 Å². The molecule has 1 aliphatic carbocycles. The summed E-state index contributed by atoms with van der Waals surface area (Å²) in [5.74, 6) is 0.664. The minimum Gasteiger partial charge on any atom is -0.395 e. The van der Waals surface area contributed by atoms with Crippen LogP contribution in [0, 0.1) is 0 Å². The molecule has 0 amide bonds. The second-order valence-corrected chi connectivity index (χ2v) is 7.51. The Morgan fingerprint density at radius 2 is 1.92 bits per heavy atom. The van der Waals surface area contributed by atoms with Crippen LogP contribution >= 0.6 is 11.8 Å². The van der Waals surface area contributed by atoms with Crippen molar-refractivity contribution in [1.82, 2.24) is 15.3 Å². The highest BCUT2D eigenvalue weighted by molar-refractivity contribution is 8.06. The number of nitrogens with two attached hydrogens (primary N) is 1. The quantitative estimate of drug-likeness (QED) is 0.756. The van der Waals surface area contributed by atoms with Gasteiger partial charge in [-0.15, -0.1) is 0 Å². The minimum atomic E-state index is 0.471. The van der Waals surface area contributed by atoms with Gasteiger partial charge in [0.2, 0.25) is 5.95 Å². The van der Waals surface area contributed by atoms with Crippen molar-refractivity contribution >= 4 is 29.1 Å². The number of anilines is 1. The molecule has 1 aromatic heterocycles. The summed E-state index contributed by atoms with van der Waals surface area (Å²) in [5, 5.41) is 9.86. The third-order valence-electron chi connectivity index (χ3n) is 4.74. The van der Waals surface area contributed by atoms with Gasteiger partial charge in [0.05, 0.1) is 17.1 Å². The summed E-state index contributed by atoms with van der Waals surface area (Å²) in [6.07, 6.45) is 8.03. The molecule has 0 unspecified atom stereocenters. The molecule has 1 saturated carbocycles.